The monoisotopic (exact) mass is 538 g/mol. The molecule has 0 amide bonds. The van der Waals surface area contributed by atoms with Crippen molar-refractivity contribution in [1.29, 1.82) is 0 Å². The fourth-order valence-electron chi connectivity index (χ4n) is 2.62. The van der Waals surface area contributed by atoms with Crippen LogP contribution in [0.4, 0.5) is 13.2 Å². The van der Waals surface area contributed by atoms with Crippen LogP contribution in [-0.2, 0) is 24.0 Å². The van der Waals surface area contributed by atoms with Crippen LogP contribution in [0.1, 0.15) is 16.7 Å². The van der Waals surface area contributed by atoms with Crippen molar-refractivity contribution in [2.75, 3.05) is 34.4 Å². The lowest BCUT2D eigenvalue weighted by Crippen LogP contribution is -2.38. The molecule has 0 atom stereocenters. The van der Waals surface area contributed by atoms with Crippen LogP contribution in [0.25, 0.3) is 0 Å². The number of hydrogen-bond acceptors (Lipinski definition) is 4. The highest BCUT2D eigenvalue weighted by Gasteiger charge is 2.29. The quantitative estimate of drug-likeness (QED) is 0.239. The van der Waals surface area contributed by atoms with Crippen molar-refractivity contribution in [2.45, 2.75) is 19.3 Å². The molecule has 0 radical (unpaired) electrons. The number of guanidine groups is 1. The molecule has 0 fully saturated rings. The molecule has 1 aromatic heterocycles. The topological polar surface area (TPSA) is 59.0 Å². The SMILES string of the molecule is CN=C(NCc1cccnc1OCCOC)N(C)Cc1ccc(C(F)(F)F)cc1.I. The predicted octanol–water partition coefficient (Wildman–Crippen LogP) is 3.95. The Morgan fingerprint density at radius 2 is 1.87 bits per heavy atom. The maximum Gasteiger partial charge on any atom is 0.416 e. The second-order valence-corrected chi connectivity index (χ2v) is 6.26. The molecule has 166 valence electrons. The first kappa shape index (κ1) is 26.0. The van der Waals surface area contributed by atoms with Gasteiger partial charge in [-0.1, -0.05) is 18.2 Å². The van der Waals surface area contributed by atoms with Crippen molar-refractivity contribution in [2.24, 2.45) is 4.99 Å². The van der Waals surface area contributed by atoms with Gasteiger partial charge in [0.1, 0.15) is 6.61 Å². The number of rotatable bonds is 8. The van der Waals surface area contributed by atoms with E-state index in [1.54, 1.807) is 20.4 Å². The molecule has 30 heavy (non-hydrogen) atoms. The van der Waals surface area contributed by atoms with Crippen molar-refractivity contribution < 1.29 is 22.6 Å². The normalized spacial score (nSPS) is 11.6. The zero-order valence-electron chi connectivity index (χ0n) is 17.1. The van der Waals surface area contributed by atoms with Gasteiger partial charge in [0.25, 0.3) is 0 Å². The molecule has 0 bridgehead atoms. The standard InChI is InChI=1S/C20H25F3N4O2.HI/c1-24-19(26-13-16-5-4-10-25-18(16)29-12-11-28-3)27(2)14-15-6-8-17(9-7-15)20(21,22)23;/h4-10H,11-14H2,1-3H3,(H,24,26);1H. The van der Waals surface area contributed by atoms with Crippen LogP contribution in [0.3, 0.4) is 0 Å². The van der Waals surface area contributed by atoms with E-state index in [1.807, 2.05) is 24.1 Å². The Labute approximate surface area is 191 Å². The van der Waals surface area contributed by atoms with E-state index >= 15 is 0 Å². The van der Waals surface area contributed by atoms with Crippen molar-refractivity contribution in [3.63, 3.8) is 0 Å². The van der Waals surface area contributed by atoms with Gasteiger partial charge in [0, 0.05) is 46.1 Å². The molecule has 0 aliphatic heterocycles. The van der Waals surface area contributed by atoms with E-state index in [1.165, 1.54) is 12.1 Å². The maximum absolute atomic E-state index is 12.7. The van der Waals surface area contributed by atoms with Gasteiger partial charge in [-0.2, -0.15) is 13.2 Å². The number of benzene rings is 1. The predicted molar refractivity (Wildman–Crippen MR) is 120 cm³/mol. The van der Waals surface area contributed by atoms with E-state index in [0.717, 1.165) is 23.3 Å². The van der Waals surface area contributed by atoms with E-state index in [0.29, 0.717) is 38.1 Å². The van der Waals surface area contributed by atoms with Crippen LogP contribution in [0.2, 0.25) is 0 Å². The smallest absolute Gasteiger partial charge is 0.416 e. The van der Waals surface area contributed by atoms with E-state index in [2.05, 4.69) is 15.3 Å². The summed E-state index contributed by atoms with van der Waals surface area (Å²) in [4.78, 5) is 10.3. The molecule has 0 saturated heterocycles. The summed E-state index contributed by atoms with van der Waals surface area (Å²) in [5.41, 5.74) is 0.935. The summed E-state index contributed by atoms with van der Waals surface area (Å²) >= 11 is 0. The van der Waals surface area contributed by atoms with Gasteiger partial charge in [-0.05, 0) is 23.8 Å². The highest BCUT2D eigenvalue weighted by molar-refractivity contribution is 14.0. The average Bonchev–Trinajstić information content (AvgIpc) is 2.69. The lowest BCUT2D eigenvalue weighted by atomic mass is 10.1. The van der Waals surface area contributed by atoms with Gasteiger partial charge in [-0.3, -0.25) is 4.99 Å². The minimum atomic E-state index is -4.34. The van der Waals surface area contributed by atoms with Crippen molar-refractivity contribution >= 4 is 29.9 Å². The lowest BCUT2D eigenvalue weighted by molar-refractivity contribution is -0.137. The molecule has 2 rings (SSSR count). The Morgan fingerprint density at radius 3 is 2.47 bits per heavy atom. The fourth-order valence-corrected chi connectivity index (χ4v) is 2.62. The number of aliphatic imine (C=N–C) groups is 1. The maximum atomic E-state index is 12.7. The largest absolute Gasteiger partial charge is 0.475 e. The molecule has 0 unspecified atom stereocenters. The number of halogens is 4. The number of nitrogens with zero attached hydrogens (tertiary/aromatic N) is 3. The van der Waals surface area contributed by atoms with Gasteiger partial charge in [0.2, 0.25) is 5.88 Å². The number of ether oxygens (including phenoxy) is 2. The second-order valence-electron chi connectivity index (χ2n) is 6.26. The van der Waals surface area contributed by atoms with Gasteiger partial charge in [0.05, 0.1) is 12.2 Å². The van der Waals surface area contributed by atoms with Crippen LogP contribution in [0.15, 0.2) is 47.6 Å². The molecule has 1 aromatic carbocycles. The molecule has 2 aromatic rings. The zero-order valence-corrected chi connectivity index (χ0v) is 19.4. The third-order valence-corrected chi connectivity index (χ3v) is 4.09. The minimum Gasteiger partial charge on any atom is -0.475 e. The van der Waals surface area contributed by atoms with Gasteiger partial charge < -0.3 is 19.7 Å². The summed E-state index contributed by atoms with van der Waals surface area (Å²) in [7, 11) is 5.05. The Balaban J connectivity index is 0.00000450. The van der Waals surface area contributed by atoms with Gasteiger partial charge >= 0.3 is 6.18 Å². The van der Waals surface area contributed by atoms with Crippen molar-refractivity contribution in [3.05, 3.63) is 59.3 Å². The Morgan fingerprint density at radius 1 is 1.17 bits per heavy atom. The molecule has 10 heteroatoms. The van der Waals surface area contributed by atoms with Crippen molar-refractivity contribution in [3.8, 4) is 5.88 Å². The molecule has 0 aliphatic carbocycles. The summed E-state index contributed by atoms with van der Waals surface area (Å²) in [5.74, 6) is 1.11. The first-order valence-corrected chi connectivity index (χ1v) is 8.98. The molecular weight excluding hydrogens is 512 g/mol. The van der Waals surface area contributed by atoms with Gasteiger partial charge in [-0.15, -0.1) is 24.0 Å². The molecule has 1 N–H and O–H groups in total. The van der Waals surface area contributed by atoms with Gasteiger partial charge in [-0.25, -0.2) is 4.98 Å². The van der Waals surface area contributed by atoms with E-state index in [9.17, 15) is 13.2 Å². The first-order valence-electron chi connectivity index (χ1n) is 8.98. The Hall–Kier alpha value is -2.08. The average molecular weight is 538 g/mol. The molecule has 0 spiro atoms. The Kier molecular flexibility index (Phi) is 10.9. The van der Waals surface area contributed by atoms with Crippen LogP contribution < -0.4 is 10.1 Å². The summed E-state index contributed by atoms with van der Waals surface area (Å²) in [5, 5.41) is 3.22. The number of hydrogen-bond donors (Lipinski definition) is 1. The fraction of sp³-hybridized carbons (Fsp3) is 0.400. The van der Waals surface area contributed by atoms with Crippen LogP contribution in [-0.4, -0.2) is 50.3 Å². The molecule has 1 heterocycles. The van der Waals surface area contributed by atoms with Crippen LogP contribution in [0.5, 0.6) is 5.88 Å². The summed E-state index contributed by atoms with van der Waals surface area (Å²) in [6.45, 7) is 1.69. The number of methoxy groups -OCH3 is 1. The van der Waals surface area contributed by atoms with Crippen molar-refractivity contribution in [1.82, 2.24) is 15.2 Å². The lowest BCUT2D eigenvalue weighted by Gasteiger charge is -2.22. The molecule has 0 saturated carbocycles. The summed E-state index contributed by atoms with van der Waals surface area (Å²) < 4.78 is 48.7. The summed E-state index contributed by atoms with van der Waals surface area (Å²) in [6.07, 6.45) is -2.69. The highest BCUT2D eigenvalue weighted by Crippen LogP contribution is 2.29. The minimum absolute atomic E-state index is 0. The summed E-state index contributed by atoms with van der Waals surface area (Å²) in [6, 6.07) is 8.81. The molecular formula is C20H26F3IN4O2. The number of nitrogens with one attached hydrogen (secondary N) is 1. The van der Waals surface area contributed by atoms with E-state index < -0.39 is 11.7 Å². The van der Waals surface area contributed by atoms with Crippen LogP contribution >= 0.6 is 24.0 Å². The molecule has 6 nitrogen and oxygen atoms in total. The first-order chi connectivity index (χ1) is 13.8. The number of pyridine rings is 1. The third-order valence-electron chi connectivity index (χ3n) is 4.09. The van der Waals surface area contributed by atoms with Crippen LogP contribution in [0, 0.1) is 0 Å². The van der Waals surface area contributed by atoms with E-state index in [-0.39, 0.29) is 24.0 Å². The molecule has 0 aliphatic rings. The van der Waals surface area contributed by atoms with E-state index in [4.69, 9.17) is 9.47 Å². The number of aromatic nitrogens is 1. The third kappa shape index (κ3) is 7.98. The highest BCUT2D eigenvalue weighted by atomic mass is 127. The second kappa shape index (κ2) is 12.6. The Bertz CT molecular complexity index is 801. The van der Waals surface area contributed by atoms with Gasteiger partial charge in [0.15, 0.2) is 5.96 Å². The zero-order chi connectivity index (χ0) is 21.3. The number of alkyl halides is 3.